The fraction of sp³-hybridized carbons (Fsp3) is 0. The fourth-order valence-corrected chi connectivity index (χ4v) is 18.0. The topological polar surface area (TPSA) is 22.8 Å². The highest BCUT2D eigenvalue weighted by Gasteiger charge is 2.23. The van der Waals surface area contributed by atoms with Crippen molar-refractivity contribution < 1.29 is 0 Å². The first-order valence-corrected chi connectivity index (χ1v) is 39.6. The molecule has 0 fully saturated rings. The molecule has 530 valence electrons. The quantitative estimate of drug-likeness (QED) is 0.0805. The van der Waals surface area contributed by atoms with Crippen molar-refractivity contribution in [1.29, 1.82) is 0 Å². The van der Waals surface area contributed by atoms with Gasteiger partial charge in [0.05, 0.1) is 22.1 Å². The van der Waals surface area contributed by atoms with Gasteiger partial charge in [-0.3, -0.25) is 0 Å². The molecule has 4 aromatic heterocycles. The first-order chi connectivity index (χ1) is 55.5. The summed E-state index contributed by atoms with van der Waals surface area (Å²) in [6.45, 7) is 0. The minimum atomic E-state index is 1.04. The Labute approximate surface area is 659 Å². The lowest BCUT2D eigenvalue weighted by molar-refractivity contribution is 1.17. The molecule has 0 bridgehead atoms. The molecular formula is C104H72N6S2. The van der Waals surface area contributed by atoms with Gasteiger partial charge >= 0.3 is 0 Å². The first-order valence-electron chi connectivity index (χ1n) is 37.9. The van der Waals surface area contributed by atoms with Crippen molar-refractivity contribution in [3.05, 3.63) is 437 Å². The maximum absolute atomic E-state index is 2.38. The van der Waals surface area contributed by atoms with E-state index in [1.807, 2.05) is 22.7 Å². The molecule has 4 heterocycles. The fourth-order valence-electron chi connectivity index (χ4n) is 16.0. The normalized spacial score (nSPS) is 11.4. The molecule has 20 rings (SSSR count). The van der Waals surface area contributed by atoms with Gasteiger partial charge in [0.1, 0.15) is 0 Å². The van der Waals surface area contributed by atoms with Crippen molar-refractivity contribution in [3.8, 4) is 64.3 Å². The van der Waals surface area contributed by atoms with Gasteiger partial charge < -0.3 is 28.7 Å². The Balaban J connectivity index is 0.628. The summed E-state index contributed by atoms with van der Waals surface area (Å²) < 4.78 is 4.75. The molecule has 0 aliphatic rings. The number of hydrogen-bond donors (Lipinski definition) is 0. The monoisotopic (exact) mass is 1470 g/mol. The summed E-state index contributed by atoms with van der Waals surface area (Å²) in [5.41, 5.74) is 26.7. The zero-order chi connectivity index (χ0) is 74.3. The van der Waals surface area contributed by atoms with Crippen LogP contribution in [0.25, 0.3) is 108 Å². The molecule has 8 heteroatoms. The van der Waals surface area contributed by atoms with Gasteiger partial charge in [0.15, 0.2) is 0 Å². The summed E-state index contributed by atoms with van der Waals surface area (Å²) in [6.07, 6.45) is 0. The smallest absolute Gasteiger partial charge is 0.0541 e. The lowest BCUT2D eigenvalue weighted by Gasteiger charge is -2.29. The zero-order valence-electron chi connectivity index (χ0n) is 61.1. The molecule has 6 nitrogen and oxygen atoms in total. The van der Waals surface area contributed by atoms with Crippen LogP contribution in [0.15, 0.2) is 437 Å². The molecule has 0 aliphatic carbocycles. The molecule has 0 amide bonds. The van der Waals surface area contributed by atoms with Crippen LogP contribution in [0.4, 0.5) is 68.2 Å². The van der Waals surface area contributed by atoms with Crippen molar-refractivity contribution >= 4 is 135 Å². The van der Waals surface area contributed by atoms with Crippen LogP contribution in [0.3, 0.4) is 0 Å². The highest BCUT2D eigenvalue weighted by molar-refractivity contribution is 7.19. The summed E-state index contributed by atoms with van der Waals surface area (Å²) in [7, 11) is 0. The highest BCUT2D eigenvalue weighted by Crippen LogP contribution is 2.46. The molecule has 0 saturated heterocycles. The van der Waals surface area contributed by atoms with Gasteiger partial charge in [0.25, 0.3) is 0 Å². The minimum absolute atomic E-state index is 1.04. The Kier molecular flexibility index (Phi) is 17.6. The van der Waals surface area contributed by atoms with Crippen LogP contribution < -0.4 is 19.6 Å². The average Bonchev–Trinajstić information content (AvgIpc) is 1.55. The molecular weight excluding hydrogens is 1400 g/mol. The molecule has 0 atom stereocenters. The third kappa shape index (κ3) is 12.7. The van der Waals surface area contributed by atoms with Gasteiger partial charge in [-0.1, -0.05) is 218 Å². The number of thiophene rings is 2. The Morgan fingerprint density at radius 2 is 0.321 bits per heavy atom. The van der Waals surface area contributed by atoms with E-state index in [2.05, 4.69) is 466 Å². The van der Waals surface area contributed by atoms with Gasteiger partial charge in [0.2, 0.25) is 0 Å². The molecule has 0 saturated carbocycles. The second kappa shape index (κ2) is 29.4. The molecule has 0 aliphatic heterocycles. The van der Waals surface area contributed by atoms with Crippen molar-refractivity contribution in [2.24, 2.45) is 0 Å². The van der Waals surface area contributed by atoms with Gasteiger partial charge in [-0.25, -0.2) is 0 Å². The van der Waals surface area contributed by atoms with Crippen LogP contribution in [0.5, 0.6) is 0 Å². The van der Waals surface area contributed by atoms with E-state index in [9.17, 15) is 0 Å². The van der Waals surface area contributed by atoms with E-state index in [0.29, 0.717) is 0 Å². The second-order valence-electron chi connectivity index (χ2n) is 28.1. The van der Waals surface area contributed by atoms with Crippen LogP contribution >= 0.6 is 22.7 Å². The van der Waals surface area contributed by atoms with Crippen LogP contribution in [-0.4, -0.2) is 9.13 Å². The third-order valence-electron chi connectivity index (χ3n) is 21.4. The zero-order valence-corrected chi connectivity index (χ0v) is 62.7. The van der Waals surface area contributed by atoms with Crippen LogP contribution in [-0.2, 0) is 0 Å². The molecule has 0 unspecified atom stereocenters. The van der Waals surface area contributed by atoms with Crippen LogP contribution in [0.1, 0.15) is 0 Å². The van der Waals surface area contributed by atoms with Crippen molar-refractivity contribution in [2.45, 2.75) is 0 Å². The van der Waals surface area contributed by atoms with E-state index < -0.39 is 0 Å². The minimum Gasteiger partial charge on any atom is -0.311 e. The Hall–Kier alpha value is -14.3. The number of anilines is 12. The lowest BCUT2D eigenvalue weighted by atomic mass is 10.0. The number of benzene rings is 16. The van der Waals surface area contributed by atoms with Crippen LogP contribution in [0.2, 0.25) is 0 Å². The van der Waals surface area contributed by atoms with E-state index in [4.69, 9.17) is 0 Å². The van der Waals surface area contributed by atoms with Crippen molar-refractivity contribution in [3.63, 3.8) is 0 Å². The predicted octanol–water partition coefficient (Wildman–Crippen LogP) is 30.2. The number of hydrogen-bond acceptors (Lipinski definition) is 6. The molecule has 0 radical (unpaired) electrons. The maximum atomic E-state index is 2.38. The molecule has 16 aromatic carbocycles. The summed E-state index contributed by atoms with van der Waals surface area (Å²) in [6, 6.07) is 159. The Bertz CT molecular complexity index is 6160. The highest BCUT2D eigenvalue weighted by atomic mass is 32.1. The van der Waals surface area contributed by atoms with E-state index in [1.54, 1.807) is 0 Å². The van der Waals surface area contributed by atoms with Crippen molar-refractivity contribution in [2.75, 3.05) is 19.6 Å². The Morgan fingerprint density at radius 3 is 0.571 bits per heavy atom. The number of fused-ring (bicyclic) bond motifs is 6. The first kappa shape index (κ1) is 67.1. The summed E-state index contributed by atoms with van der Waals surface area (Å²) >= 11 is 3.64. The van der Waals surface area contributed by atoms with Gasteiger partial charge in [-0.05, 0) is 252 Å². The Morgan fingerprint density at radius 1 is 0.143 bits per heavy atom. The average molecular weight is 1470 g/mol. The lowest BCUT2D eigenvalue weighted by Crippen LogP contribution is -2.12. The standard InChI is InChI=1S/C104H72N6S2/c1-5-21-75(22-6-1)101-69-71-103(111-101)77-41-49-83(50-42-77)107(89-57-53-85(54-58-89)105(79-25-9-3-10-26-79)87-61-65-91(66-62-87)109-97-33-17-13-29-93(97)94-30-14-18-34-98(94)109)81-45-37-73(38-46-81)74-39-47-82(48-40-74)108(84-51-43-78(44-52-84)104-72-70-102(112-104)76-23-7-2-8-24-76)90-59-55-86(56-60-90)106(80-27-11-4-12-28-80)88-63-67-92(68-64-88)110-99-35-19-15-31-95(99)96-32-16-20-36-100(96)110/h1-72H. The number of aromatic nitrogens is 2. The summed E-state index contributed by atoms with van der Waals surface area (Å²) in [5.74, 6) is 0. The van der Waals surface area contributed by atoms with E-state index in [1.165, 1.54) is 85.4 Å². The SMILES string of the molecule is c1ccc(-c2ccc(-c3ccc(N(c4ccc(-c5ccc(N(c6ccc(-c7ccc(-c8ccccc8)s7)cc6)c6ccc(N(c7ccccc7)c7ccc(-n8c9ccccc9c9ccccc98)cc7)cc6)cc5)cc4)c4ccc(N(c5ccccc5)c5ccc(-n6c7ccccc7c7ccccc76)cc5)cc4)cc3)s2)cc1. The second-order valence-corrected chi connectivity index (χ2v) is 30.2. The van der Waals surface area contributed by atoms with E-state index in [0.717, 1.165) is 90.8 Å². The largest absolute Gasteiger partial charge is 0.311 e. The molecule has 0 spiro atoms. The predicted molar refractivity (Wildman–Crippen MR) is 477 cm³/mol. The van der Waals surface area contributed by atoms with E-state index in [-0.39, 0.29) is 0 Å². The number of para-hydroxylation sites is 6. The molecule has 112 heavy (non-hydrogen) atoms. The third-order valence-corrected chi connectivity index (χ3v) is 23.8. The van der Waals surface area contributed by atoms with Gasteiger partial charge in [-0.2, -0.15) is 0 Å². The molecule has 0 N–H and O–H groups in total. The van der Waals surface area contributed by atoms with Gasteiger partial charge in [-0.15, -0.1) is 22.7 Å². The van der Waals surface area contributed by atoms with Gasteiger partial charge in [0, 0.05) is 121 Å². The van der Waals surface area contributed by atoms with Crippen molar-refractivity contribution in [1.82, 2.24) is 9.13 Å². The molecule has 20 aromatic rings. The maximum Gasteiger partial charge on any atom is 0.0541 e. The van der Waals surface area contributed by atoms with Crippen LogP contribution in [0, 0.1) is 0 Å². The number of rotatable bonds is 19. The number of nitrogens with zero attached hydrogens (tertiary/aromatic N) is 6. The summed E-state index contributed by atoms with van der Waals surface area (Å²) in [4.78, 5) is 14.4. The summed E-state index contributed by atoms with van der Waals surface area (Å²) in [5, 5.41) is 4.98. The van der Waals surface area contributed by atoms with E-state index >= 15 is 0 Å².